The Morgan fingerprint density at radius 1 is 1.00 bits per heavy atom. The van der Waals surface area contributed by atoms with Gasteiger partial charge in [0, 0.05) is 17.0 Å². The molecular weight excluding hydrogens is 376 g/mol. The maximum absolute atomic E-state index is 11.6. The van der Waals surface area contributed by atoms with Gasteiger partial charge in [0.05, 0.1) is 30.9 Å². The molecule has 0 unspecified atom stereocenters. The first-order valence-corrected chi connectivity index (χ1v) is 10.9. The molecule has 28 heavy (non-hydrogen) atoms. The fourth-order valence-corrected chi connectivity index (χ4v) is 4.82. The number of primary sulfonamides is 1. The normalized spacial score (nSPS) is 21.3. The third-order valence-corrected chi connectivity index (χ3v) is 6.62. The molecule has 0 amide bonds. The second-order valence-corrected chi connectivity index (χ2v) is 8.86. The first-order valence-electron chi connectivity index (χ1n) is 9.39. The second kappa shape index (κ2) is 7.22. The average Bonchev–Trinajstić information content (AvgIpc) is 2.71. The Kier molecular flexibility index (Phi) is 4.89. The van der Waals surface area contributed by atoms with Crippen molar-refractivity contribution in [1.82, 2.24) is 0 Å². The monoisotopic (exact) mass is 400 g/mol. The summed E-state index contributed by atoms with van der Waals surface area (Å²) in [5, 5.41) is 5.23. The van der Waals surface area contributed by atoms with E-state index in [2.05, 4.69) is 6.07 Å². The fourth-order valence-electron chi connectivity index (χ4n) is 4.30. The quantitative estimate of drug-likeness (QED) is 0.853. The van der Waals surface area contributed by atoms with Crippen molar-refractivity contribution in [2.75, 3.05) is 14.2 Å². The molecule has 2 atom stereocenters. The number of benzene rings is 2. The molecule has 4 rings (SSSR count). The van der Waals surface area contributed by atoms with Crippen LogP contribution in [0.25, 0.3) is 0 Å². The zero-order valence-corrected chi connectivity index (χ0v) is 16.8. The lowest BCUT2D eigenvalue weighted by atomic mass is 9.75. The first kappa shape index (κ1) is 19.0. The van der Waals surface area contributed by atoms with Gasteiger partial charge in [0.15, 0.2) is 11.5 Å². The number of hydrogen-bond donors (Lipinski definition) is 1. The fraction of sp³-hybridized carbons (Fsp3) is 0.381. The van der Waals surface area contributed by atoms with Crippen LogP contribution >= 0.6 is 0 Å². The summed E-state index contributed by atoms with van der Waals surface area (Å²) >= 11 is 0. The minimum Gasteiger partial charge on any atom is -0.493 e. The summed E-state index contributed by atoms with van der Waals surface area (Å²) in [5.74, 6) is 1.75. The van der Waals surface area contributed by atoms with Crippen molar-refractivity contribution >= 4 is 15.7 Å². The highest BCUT2D eigenvalue weighted by Crippen LogP contribution is 2.44. The third-order valence-electron chi connectivity index (χ3n) is 5.69. The number of aliphatic imine (C=N–C) groups is 1. The summed E-state index contributed by atoms with van der Waals surface area (Å²) in [7, 11) is -0.461. The van der Waals surface area contributed by atoms with Crippen LogP contribution < -0.4 is 14.6 Å². The number of sulfonamides is 1. The highest BCUT2D eigenvalue weighted by atomic mass is 32.2. The number of nitrogens with zero attached hydrogens (tertiary/aromatic N) is 1. The van der Waals surface area contributed by atoms with Gasteiger partial charge in [-0.3, -0.25) is 4.99 Å². The zero-order chi connectivity index (χ0) is 19.9. The van der Waals surface area contributed by atoms with Crippen LogP contribution in [0.2, 0.25) is 0 Å². The van der Waals surface area contributed by atoms with Crippen molar-refractivity contribution in [2.24, 2.45) is 10.1 Å². The lowest BCUT2D eigenvalue weighted by molar-refractivity contribution is 0.349. The van der Waals surface area contributed by atoms with Crippen LogP contribution in [0.4, 0.5) is 0 Å². The summed E-state index contributed by atoms with van der Waals surface area (Å²) in [6, 6.07) is 10.9. The molecule has 148 valence electrons. The molecule has 0 spiro atoms. The van der Waals surface area contributed by atoms with E-state index in [1.54, 1.807) is 26.4 Å². The molecule has 0 radical (unpaired) electrons. The molecule has 6 nitrogen and oxygen atoms in total. The number of fused-ring (bicyclic) bond motifs is 3. The van der Waals surface area contributed by atoms with E-state index >= 15 is 0 Å². The molecule has 1 aliphatic heterocycles. The highest BCUT2D eigenvalue weighted by Gasteiger charge is 2.34. The van der Waals surface area contributed by atoms with Crippen molar-refractivity contribution < 1.29 is 17.9 Å². The molecule has 0 saturated heterocycles. The maximum Gasteiger partial charge on any atom is 0.238 e. The van der Waals surface area contributed by atoms with Crippen molar-refractivity contribution in [1.29, 1.82) is 0 Å². The molecule has 1 saturated carbocycles. The van der Waals surface area contributed by atoms with Gasteiger partial charge in [-0.2, -0.15) is 0 Å². The summed E-state index contributed by atoms with van der Waals surface area (Å²) < 4.78 is 34.2. The Hall–Kier alpha value is -2.38. The van der Waals surface area contributed by atoms with E-state index in [1.807, 2.05) is 6.07 Å². The Bertz CT molecular complexity index is 1030. The summed E-state index contributed by atoms with van der Waals surface area (Å²) in [4.78, 5) is 5.17. The van der Waals surface area contributed by atoms with E-state index in [0.717, 1.165) is 35.4 Å². The van der Waals surface area contributed by atoms with Crippen LogP contribution in [0.5, 0.6) is 11.5 Å². The molecule has 2 aromatic rings. The Balaban J connectivity index is 1.86. The van der Waals surface area contributed by atoms with Crippen LogP contribution in [-0.2, 0) is 10.0 Å². The van der Waals surface area contributed by atoms with E-state index in [0.29, 0.717) is 11.7 Å². The van der Waals surface area contributed by atoms with Gasteiger partial charge in [-0.25, -0.2) is 13.6 Å². The van der Waals surface area contributed by atoms with Crippen LogP contribution in [0.1, 0.15) is 48.3 Å². The summed E-state index contributed by atoms with van der Waals surface area (Å²) in [6.07, 6.45) is 4.53. The molecule has 1 fully saturated rings. The molecule has 1 aliphatic carbocycles. The summed E-state index contributed by atoms with van der Waals surface area (Å²) in [6.45, 7) is 0. The number of rotatable bonds is 4. The van der Waals surface area contributed by atoms with E-state index in [1.165, 1.54) is 30.5 Å². The van der Waals surface area contributed by atoms with Crippen molar-refractivity contribution in [3.63, 3.8) is 0 Å². The third kappa shape index (κ3) is 3.29. The Morgan fingerprint density at radius 3 is 2.29 bits per heavy atom. The molecule has 7 heteroatoms. The van der Waals surface area contributed by atoms with Gasteiger partial charge < -0.3 is 9.47 Å². The SMILES string of the molecule is COc1cc2c(cc1OC)[C@H]1CCCC[C@H]1N=C2c1ccc(S(N)(=O)=O)cc1. The smallest absolute Gasteiger partial charge is 0.238 e. The number of ether oxygens (including phenoxy) is 2. The van der Waals surface area contributed by atoms with Crippen molar-refractivity contribution in [2.45, 2.75) is 42.5 Å². The van der Waals surface area contributed by atoms with E-state index in [4.69, 9.17) is 19.6 Å². The van der Waals surface area contributed by atoms with E-state index < -0.39 is 10.0 Å². The van der Waals surface area contributed by atoms with Crippen molar-refractivity contribution in [3.8, 4) is 11.5 Å². The lowest BCUT2D eigenvalue weighted by Crippen LogP contribution is -2.29. The minimum atomic E-state index is -3.73. The second-order valence-electron chi connectivity index (χ2n) is 7.30. The topological polar surface area (TPSA) is 91.0 Å². The van der Waals surface area contributed by atoms with Gasteiger partial charge in [-0.1, -0.05) is 25.0 Å². The number of hydrogen-bond acceptors (Lipinski definition) is 5. The largest absolute Gasteiger partial charge is 0.493 e. The van der Waals surface area contributed by atoms with Crippen LogP contribution in [0, 0.1) is 0 Å². The predicted molar refractivity (Wildman–Crippen MR) is 108 cm³/mol. The van der Waals surface area contributed by atoms with Gasteiger partial charge in [0.1, 0.15) is 0 Å². The Labute approximate surface area is 165 Å². The number of methoxy groups -OCH3 is 2. The van der Waals surface area contributed by atoms with Crippen LogP contribution in [0.3, 0.4) is 0 Å². The minimum absolute atomic E-state index is 0.0933. The van der Waals surface area contributed by atoms with Crippen LogP contribution in [0.15, 0.2) is 46.3 Å². The molecule has 0 aromatic heterocycles. The van der Waals surface area contributed by atoms with E-state index in [9.17, 15) is 8.42 Å². The highest BCUT2D eigenvalue weighted by molar-refractivity contribution is 7.89. The average molecular weight is 401 g/mol. The summed E-state index contributed by atoms with van der Waals surface area (Å²) in [5.41, 5.74) is 3.97. The van der Waals surface area contributed by atoms with Gasteiger partial charge in [0.25, 0.3) is 0 Å². The zero-order valence-electron chi connectivity index (χ0n) is 16.0. The molecule has 2 N–H and O–H groups in total. The Morgan fingerprint density at radius 2 is 1.64 bits per heavy atom. The first-order chi connectivity index (χ1) is 13.4. The standard InChI is InChI=1S/C21H24N2O4S/c1-26-19-11-16-15-5-3-4-6-18(15)23-21(17(16)12-20(19)27-2)13-7-9-14(10-8-13)28(22,24)25/h7-12,15,18H,3-6H2,1-2H3,(H2,22,24,25)/t15-,18-/m1/s1. The van der Waals surface area contributed by atoms with Gasteiger partial charge in [0.2, 0.25) is 10.0 Å². The van der Waals surface area contributed by atoms with Crippen molar-refractivity contribution in [3.05, 3.63) is 53.1 Å². The molecule has 2 aromatic carbocycles. The molecular formula is C21H24N2O4S. The molecule has 1 heterocycles. The van der Waals surface area contributed by atoms with Gasteiger partial charge >= 0.3 is 0 Å². The molecule has 0 bridgehead atoms. The van der Waals surface area contributed by atoms with Gasteiger partial charge in [-0.15, -0.1) is 0 Å². The predicted octanol–water partition coefficient (Wildman–Crippen LogP) is 3.23. The van der Waals surface area contributed by atoms with Gasteiger partial charge in [-0.05, 0) is 42.7 Å². The molecule has 2 aliphatic rings. The maximum atomic E-state index is 11.6. The number of nitrogens with two attached hydrogens (primary N) is 1. The van der Waals surface area contributed by atoms with E-state index in [-0.39, 0.29) is 10.9 Å². The van der Waals surface area contributed by atoms with Crippen LogP contribution in [-0.4, -0.2) is 34.4 Å². The lowest BCUT2D eigenvalue weighted by Gasteiger charge is -2.35.